The van der Waals surface area contributed by atoms with Gasteiger partial charge in [-0.25, -0.2) is 4.90 Å². The molecule has 1 heterocycles. The van der Waals surface area contributed by atoms with E-state index in [0.29, 0.717) is 11.3 Å². The first-order valence-corrected chi connectivity index (χ1v) is 10.9. The van der Waals surface area contributed by atoms with Gasteiger partial charge in [0.05, 0.1) is 21.3 Å². The van der Waals surface area contributed by atoms with Crippen LogP contribution in [0.5, 0.6) is 0 Å². The van der Waals surface area contributed by atoms with E-state index >= 15 is 0 Å². The van der Waals surface area contributed by atoms with Gasteiger partial charge in [0, 0.05) is 5.69 Å². The second-order valence-corrected chi connectivity index (χ2v) is 9.37. The van der Waals surface area contributed by atoms with Gasteiger partial charge in [0.2, 0.25) is 0 Å². The molecule has 3 aromatic carbocycles. The van der Waals surface area contributed by atoms with Gasteiger partial charge in [-0.05, 0) is 40.8 Å². The Morgan fingerprint density at radius 2 is 1.44 bits per heavy atom. The van der Waals surface area contributed by atoms with Crippen LogP contribution in [-0.4, -0.2) is 11.8 Å². The van der Waals surface area contributed by atoms with Gasteiger partial charge in [-0.3, -0.25) is 9.59 Å². The molecule has 4 rings (SSSR count). The second kappa shape index (κ2) is 8.45. The molecule has 162 valence electrons. The number of hydrogen-bond acceptors (Lipinski definition) is 3. The zero-order valence-corrected chi connectivity index (χ0v) is 19.5. The summed E-state index contributed by atoms with van der Waals surface area (Å²) in [4.78, 5) is 28.0. The van der Waals surface area contributed by atoms with Crippen LogP contribution in [0.25, 0.3) is 5.57 Å². The number of hydrogen-bond donors (Lipinski definition) is 1. The molecule has 1 aliphatic heterocycles. The summed E-state index contributed by atoms with van der Waals surface area (Å²) in [5.41, 5.74) is 3.25. The van der Waals surface area contributed by atoms with Gasteiger partial charge in [-0.15, -0.1) is 0 Å². The van der Waals surface area contributed by atoms with Gasteiger partial charge in [0.25, 0.3) is 11.8 Å². The van der Waals surface area contributed by atoms with Gasteiger partial charge >= 0.3 is 0 Å². The summed E-state index contributed by atoms with van der Waals surface area (Å²) in [7, 11) is 0. The quantitative estimate of drug-likeness (QED) is 0.437. The van der Waals surface area contributed by atoms with Crippen LogP contribution < -0.4 is 10.2 Å². The molecule has 0 spiro atoms. The minimum Gasteiger partial charge on any atom is -0.350 e. The molecule has 3 aromatic rings. The molecular weight excluding hydrogens is 443 g/mol. The largest absolute Gasteiger partial charge is 0.350 e. The van der Waals surface area contributed by atoms with Crippen molar-refractivity contribution in [3.63, 3.8) is 0 Å². The molecule has 0 saturated heterocycles. The summed E-state index contributed by atoms with van der Waals surface area (Å²) in [6, 6.07) is 21.8. The van der Waals surface area contributed by atoms with E-state index in [-0.39, 0.29) is 32.4 Å². The highest BCUT2D eigenvalue weighted by Gasteiger charge is 2.41. The van der Waals surface area contributed by atoms with Crippen LogP contribution in [0.2, 0.25) is 10.0 Å². The highest BCUT2D eigenvalue weighted by atomic mass is 35.5. The molecule has 0 saturated carbocycles. The second-order valence-electron chi connectivity index (χ2n) is 8.59. The number of carbonyl (C=O) groups excluding carboxylic acids is 2. The SMILES string of the molecule is CC(C)(C)c1ccc(NC2=C(c3ccccc3)C(=O)N(c3cccc(Cl)c3Cl)C2=O)cc1. The van der Waals surface area contributed by atoms with Crippen molar-refractivity contribution >= 4 is 52.0 Å². The Balaban J connectivity index is 1.79. The molecule has 1 aliphatic rings. The molecule has 0 atom stereocenters. The molecule has 0 aliphatic carbocycles. The number of benzene rings is 3. The monoisotopic (exact) mass is 464 g/mol. The van der Waals surface area contributed by atoms with Gasteiger partial charge in [-0.1, -0.05) is 92.5 Å². The molecule has 0 unspecified atom stereocenters. The van der Waals surface area contributed by atoms with E-state index in [1.807, 2.05) is 42.5 Å². The van der Waals surface area contributed by atoms with Crippen molar-refractivity contribution in [3.05, 3.63) is 99.7 Å². The normalized spacial score (nSPS) is 14.3. The summed E-state index contributed by atoms with van der Waals surface area (Å²) in [5.74, 6) is -0.947. The standard InChI is InChI=1S/C26H22Cl2N2O2/c1-26(2,3)17-12-14-18(15-13-17)29-23-21(16-8-5-4-6-9-16)24(31)30(25(23)32)20-11-7-10-19(27)22(20)28/h4-15,29H,1-3H3. The molecule has 4 nitrogen and oxygen atoms in total. The van der Waals surface area contributed by atoms with Crippen LogP contribution in [0.15, 0.2) is 78.5 Å². The van der Waals surface area contributed by atoms with E-state index in [9.17, 15) is 9.59 Å². The van der Waals surface area contributed by atoms with Crippen molar-refractivity contribution < 1.29 is 9.59 Å². The van der Waals surface area contributed by atoms with E-state index in [4.69, 9.17) is 23.2 Å². The summed E-state index contributed by atoms with van der Waals surface area (Å²) >= 11 is 12.5. The maximum absolute atomic E-state index is 13.5. The van der Waals surface area contributed by atoms with Crippen LogP contribution in [-0.2, 0) is 15.0 Å². The Morgan fingerprint density at radius 1 is 0.781 bits per heavy atom. The van der Waals surface area contributed by atoms with E-state index in [1.54, 1.807) is 30.3 Å². The Hall–Kier alpha value is -3.08. The molecule has 1 N–H and O–H groups in total. The van der Waals surface area contributed by atoms with Crippen LogP contribution >= 0.6 is 23.2 Å². The molecule has 2 amide bonds. The molecule has 0 radical (unpaired) electrons. The lowest BCUT2D eigenvalue weighted by atomic mass is 9.87. The number of nitrogens with one attached hydrogen (secondary N) is 1. The summed E-state index contributed by atoms with van der Waals surface area (Å²) in [6.07, 6.45) is 0. The Labute approximate surface area is 197 Å². The number of amides is 2. The average molecular weight is 465 g/mol. The first-order valence-electron chi connectivity index (χ1n) is 10.2. The fourth-order valence-electron chi connectivity index (χ4n) is 3.60. The smallest absolute Gasteiger partial charge is 0.282 e. The van der Waals surface area contributed by atoms with Crippen molar-refractivity contribution in [3.8, 4) is 0 Å². The minimum atomic E-state index is -0.488. The Bertz CT molecular complexity index is 1230. The number of halogens is 2. The van der Waals surface area contributed by atoms with Gasteiger partial charge in [0.1, 0.15) is 5.70 Å². The molecule has 0 bridgehead atoms. The van der Waals surface area contributed by atoms with Crippen molar-refractivity contribution in [2.24, 2.45) is 0 Å². The predicted molar refractivity (Wildman–Crippen MR) is 131 cm³/mol. The summed E-state index contributed by atoms with van der Waals surface area (Å²) < 4.78 is 0. The third kappa shape index (κ3) is 4.04. The topological polar surface area (TPSA) is 49.4 Å². The zero-order valence-electron chi connectivity index (χ0n) is 17.9. The summed E-state index contributed by atoms with van der Waals surface area (Å²) in [6.45, 7) is 6.41. The average Bonchev–Trinajstić information content (AvgIpc) is 3.00. The van der Waals surface area contributed by atoms with Crippen LogP contribution in [0, 0.1) is 0 Å². The Morgan fingerprint density at radius 3 is 2.06 bits per heavy atom. The van der Waals surface area contributed by atoms with Gasteiger partial charge in [0.15, 0.2) is 0 Å². The Kier molecular flexibility index (Phi) is 5.85. The van der Waals surface area contributed by atoms with E-state index < -0.39 is 11.8 Å². The van der Waals surface area contributed by atoms with Crippen molar-refractivity contribution in [1.82, 2.24) is 0 Å². The van der Waals surface area contributed by atoms with Gasteiger partial charge < -0.3 is 5.32 Å². The van der Waals surface area contributed by atoms with Crippen molar-refractivity contribution in [2.45, 2.75) is 26.2 Å². The number of rotatable bonds is 4. The van der Waals surface area contributed by atoms with E-state index in [1.165, 1.54) is 5.56 Å². The molecule has 0 fully saturated rings. The maximum atomic E-state index is 13.5. The van der Waals surface area contributed by atoms with Crippen molar-refractivity contribution in [2.75, 3.05) is 10.2 Å². The first-order chi connectivity index (χ1) is 15.2. The molecule has 6 heteroatoms. The highest BCUT2D eigenvalue weighted by molar-refractivity contribution is 6.50. The fraction of sp³-hybridized carbons (Fsp3) is 0.154. The number of anilines is 2. The number of imide groups is 1. The lowest BCUT2D eigenvalue weighted by Crippen LogP contribution is -2.32. The van der Waals surface area contributed by atoms with E-state index in [2.05, 4.69) is 26.1 Å². The minimum absolute atomic E-state index is 0.00622. The highest BCUT2D eigenvalue weighted by Crippen LogP contribution is 2.39. The third-order valence-corrected chi connectivity index (χ3v) is 6.15. The first kappa shape index (κ1) is 22.1. The number of carbonyl (C=O) groups is 2. The zero-order chi connectivity index (χ0) is 23.0. The fourth-order valence-corrected chi connectivity index (χ4v) is 3.98. The lowest BCUT2D eigenvalue weighted by Gasteiger charge is -2.19. The van der Waals surface area contributed by atoms with Crippen molar-refractivity contribution in [1.29, 1.82) is 0 Å². The number of nitrogens with zero attached hydrogens (tertiary/aromatic N) is 1. The van der Waals surface area contributed by atoms with E-state index in [0.717, 1.165) is 4.90 Å². The van der Waals surface area contributed by atoms with Crippen LogP contribution in [0.4, 0.5) is 11.4 Å². The third-order valence-electron chi connectivity index (χ3n) is 5.34. The molecule has 0 aromatic heterocycles. The predicted octanol–water partition coefficient (Wildman–Crippen LogP) is 6.69. The maximum Gasteiger partial charge on any atom is 0.282 e. The van der Waals surface area contributed by atoms with Gasteiger partial charge in [-0.2, -0.15) is 0 Å². The summed E-state index contributed by atoms with van der Waals surface area (Å²) in [5, 5.41) is 3.59. The molecular formula is C26H22Cl2N2O2. The molecule has 32 heavy (non-hydrogen) atoms. The lowest BCUT2D eigenvalue weighted by molar-refractivity contribution is -0.120. The van der Waals surface area contributed by atoms with Crippen LogP contribution in [0.1, 0.15) is 31.9 Å². The van der Waals surface area contributed by atoms with Crippen LogP contribution in [0.3, 0.4) is 0 Å².